The molecular formula is C13H16N4O. The second-order valence-corrected chi connectivity index (χ2v) is 4.75. The van der Waals surface area contributed by atoms with Crippen LogP contribution >= 0.6 is 0 Å². The van der Waals surface area contributed by atoms with Crippen LogP contribution in [-0.2, 0) is 20.0 Å². The second-order valence-electron chi connectivity index (χ2n) is 4.75. The van der Waals surface area contributed by atoms with Crippen molar-refractivity contribution in [2.45, 2.75) is 25.4 Å². The Morgan fingerprint density at radius 3 is 3.22 bits per heavy atom. The van der Waals surface area contributed by atoms with E-state index in [1.807, 2.05) is 42.5 Å². The SMILES string of the molecule is Cn1cccc1C(=O)N[C@H]1CCc2cncn2C1. The highest BCUT2D eigenvalue weighted by molar-refractivity contribution is 5.92. The van der Waals surface area contributed by atoms with Gasteiger partial charge < -0.3 is 14.5 Å². The van der Waals surface area contributed by atoms with Gasteiger partial charge in [-0.2, -0.15) is 0 Å². The number of hydrogen-bond acceptors (Lipinski definition) is 2. The molecule has 1 N–H and O–H groups in total. The number of fused-ring (bicyclic) bond motifs is 1. The average molecular weight is 244 g/mol. The number of aryl methyl sites for hydroxylation is 2. The van der Waals surface area contributed by atoms with Gasteiger partial charge in [0.25, 0.3) is 5.91 Å². The third-order valence-electron chi connectivity index (χ3n) is 3.48. The van der Waals surface area contributed by atoms with Crippen LogP contribution in [0.2, 0.25) is 0 Å². The first-order valence-corrected chi connectivity index (χ1v) is 6.15. The molecule has 0 aromatic carbocycles. The molecule has 0 bridgehead atoms. The van der Waals surface area contributed by atoms with Crippen molar-refractivity contribution < 1.29 is 4.79 Å². The van der Waals surface area contributed by atoms with Crippen LogP contribution in [-0.4, -0.2) is 26.1 Å². The third kappa shape index (κ3) is 1.92. The zero-order valence-electron chi connectivity index (χ0n) is 10.3. The van der Waals surface area contributed by atoms with Crippen molar-refractivity contribution in [2.75, 3.05) is 0 Å². The number of nitrogens with zero attached hydrogens (tertiary/aromatic N) is 3. The molecule has 0 aliphatic carbocycles. The summed E-state index contributed by atoms with van der Waals surface area (Å²) in [5.74, 6) is -0.00364. The summed E-state index contributed by atoms with van der Waals surface area (Å²) in [4.78, 5) is 16.2. The fourth-order valence-electron chi connectivity index (χ4n) is 2.45. The summed E-state index contributed by atoms with van der Waals surface area (Å²) in [6, 6.07) is 3.90. The van der Waals surface area contributed by atoms with Crippen LogP contribution in [0.3, 0.4) is 0 Å². The summed E-state index contributed by atoms with van der Waals surface area (Å²) < 4.78 is 3.94. The number of carbonyl (C=O) groups is 1. The van der Waals surface area contributed by atoms with E-state index in [1.54, 1.807) is 0 Å². The molecule has 0 saturated carbocycles. The Morgan fingerprint density at radius 1 is 1.56 bits per heavy atom. The van der Waals surface area contributed by atoms with E-state index in [2.05, 4.69) is 14.9 Å². The van der Waals surface area contributed by atoms with Gasteiger partial charge in [-0.15, -0.1) is 0 Å². The predicted octanol–water partition coefficient (Wildman–Crippen LogP) is 0.966. The normalized spacial score (nSPS) is 18.4. The highest BCUT2D eigenvalue weighted by atomic mass is 16.2. The smallest absolute Gasteiger partial charge is 0.268 e. The summed E-state index contributed by atoms with van der Waals surface area (Å²) in [6.07, 6.45) is 7.55. The number of nitrogens with one attached hydrogen (secondary N) is 1. The average Bonchev–Trinajstić information content (AvgIpc) is 2.96. The molecule has 0 fully saturated rings. The maximum atomic E-state index is 12.1. The van der Waals surface area contributed by atoms with Crippen molar-refractivity contribution in [1.82, 2.24) is 19.4 Å². The number of carbonyl (C=O) groups excluding carboxylic acids is 1. The fourth-order valence-corrected chi connectivity index (χ4v) is 2.45. The van der Waals surface area contributed by atoms with E-state index in [4.69, 9.17) is 0 Å². The molecule has 3 heterocycles. The molecule has 0 spiro atoms. The number of imidazole rings is 1. The Bertz CT molecular complexity index is 569. The first-order valence-electron chi connectivity index (χ1n) is 6.15. The van der Waals surface area contributed by atoms with Gasteiger partial charge in [0, 0.05) is 37.7 Å². The number of hydrogen-bond donors (Lipinski definition) is 1. The minimum Gasteiger partial charge on any atom is -0.347 e. The minimum absolute atomic E-state index is 0.00364. The molecule has 0 saturated heterocycles. The largest absolute Gasteiger partial charge is 0.347 e. The third-order valence-corrected chi connectivity index (χ3v) is 3.48. The Hall–Kier alpha value is -2.04. The number of amides is 1. The monoisotopic (exact) mass is 244 g/mol. The highest BCUT2D eigenvalue weighted by Gasteiger charge is 2.21. The van der Waals surface area contributed by atoms with Gasteiger partial charge >= 0.3 is 0 Å². The maximum absolute atomic E-state index is 12.1. The zero-order chi connectivity index (χ0) is 12.5. The van der Waals surface area contributed by atoms with Gasteiger partial charge in [-0.1, -0.05) is 0 Å². The van der Waals surface area contributed by atoms with Crippen LogP contribution in [0.15, 0.2) is 30.9 Å². The molecule has 0 unspecified atom stereocenters. The van der Waals surface area contributed by atoms with Crippen molar-refractivity contribution in [2.24, 2.45) is 7.05 Å². The molecule has 2 aromatic heterocycles. The first kappa shape index (κ1) is 11.1. The second kappa shape index (κ2) is 4.33. The van der Waals surface area contributed by atoms with Crippen LogP contribution in [0.4, 0.5) is 0 Å². The van der Waals surface area contributed by atoms with Gasteiger partial charge in [0.1, 0.15) is 5.69 Å². The van der Waals surface area contributed by atoms with E-state index in [9.17, 15) is 4.79 Å². The minimum atomic E-state index is -0.00364. The molecule has 1 atom stereocenters. The molecule has 1 aliphatic rings. The van der Waals surface area contributed by atoms with Gasteiger partial charge in [-0.25, -0.2) is 4.98 Å². The topological polar surface area (TPSA) is 51.9 Å². The first-order chi connectivity index (χ1) is 8.74. The van der Waals surface area contributed by atoms with Crippen LogP contribution in [0, 0.1) is 0 Å². The quantitative estimate of drug-likeness (QED) is 0.855. The van der Waals surface area contributed by atoms with E-state index in [-0.39, 0.29) is 11.9 Å². The van der Waals surface area contributed by atoms with Gasteiger partial charge in [0.15, 0.2) is 0 Å². The lowest BCUT2D eigenvalue weighted by atomic mass is 10.1. The standard InChI is InChI=1S/C13H16N4O/c1-16-6-2-3-12(16)13(18)15-10-4-5-11-7-14-9-17(11)8-10/h2-3,6-7,9-10H,4-5,8H2,1H3,(H,15,18)/t10-/m0/s1. The lowest BCUT2D eigenvalue weighted by Gasteiger charge is -2.25. The summed E-state index contributed by atoms with van der Waals surface area (Å²) in [7, 11) is 1.88. The van der Waals surface area contributed by atoms with Crippen molar-refractivity contribution in [1.29, 1.82) is 0 Å². The molecule has 1 amide bonds. The lowest BCUT2D eigenvalue weighted by molar-refractivity contribution is 0.0919. The van der Waals surface area contributed by atoms with Gasteiger partial charge in [0.2, 0.25) is 0 Å². The molecule has 2 aromatic rings. The van der Waals surface area contributed by atoms with Crippen molar-refractivity contribution >= 4 is 5.91 Å². The van der Waals surface area contributed by atoms with E-state index in [0.717, 1.165) is 19.4 Å². The Balaban J connectivity index is 1.68. The molecule has 94 valence electrons. The molecule has 0 radical (unpaired) electrons. The summed E-state index contributed by atoms with van der Waals surface area (Å²) in [5.41, 5.74) is 1.95. The zero-order valence-corrected chi connectivity index (χ0v) is 10.3. The van der Waals surface area contributed by atoms with Crippen LogP contribution in [0.1, 0.15) is 22.6 Å². The Morgan fingerprint density at radius 2 is 2.44 bits per heavy atom. The van der Waals surface area contributed by atoms with Crippen LogP contribution in [0.5, 0.6) is 0 Å². The van der Waals surface area contributed by atoms with E-state index < -0.39 is 0 Å². The summed E-state index contributed by atoms with van der Waals surface area (Å²) >= 11 is 0. The van der Waals surface area contributed by atoms with E-state index >= 15 is 0 Å². The number of aromatic nitrogens is 3. The number of rotatable bonds is 2. The molecule has 5 heteroatoms. The summed E-state index contributed by atoms with van der Waals surface area (Å²) in [6.45, 7) is 0.811. The highest BCUT2D eigenvalue weighted by Crippen LogP contribution is 2.14. The van der Waals surface area contributed by atoms with Crippen molar-refractivity contribution in [3.8, 4) is 0 Å². The maximum Gasteiger partial charge on any atom is 0.268 e. The fraction of sp³-hybridized carbons (Fsp3) is 0.385. The van der Waals surface area contributed by atoms with E-state index in [1.165, 1.54) is 5.69 Å². The predicted molar refractivity (Wildman–Crippen MR) is 67.2 cm³/mol. The molecular weight excluding hydrogens is 228 g/mol. The molecule has 18 heavy (non-hydrogen) atoms. The molecule has 3 rings (SSSR count). The molecule has 1 aliphatic heterocycles. The van der Waals surface area contributed by atoms with Crippen LogP contribution < -0.4 is 5.32 Å². The van der Waals surface area contributed by atoms with Gasteiger partial charge in [0.05, 0.1) is 6.33 Å². The van der Waals surface area contributed by atoms with Gasteiger partial charge in [-0.05, 0) is 25.0 Å². The van der Waals surface area contributed by atoms with Crippen molar-refractivity contribution in [3.05, 3.63) is 42.2 Å². The lowest BCUT2D eigenvalue weighted by Crippen LogP contribution is -2.41. The Kier molecular flexibility index (Phi) is 2.66. The van der Waals surface area contributed by atoms with Crippen LogP contribution in [0.25, 0.3) is 0 Å². The van der Waals surface area contributed by atoms with Crippen molar-refractivity contribution in [3.63, 3.8) is 0 Å². The Labute approximate surface area is 105 Å². The molecule has 5 nitrogen and oxygen atoms in total. The van der Waals surface area contributed by atoms with Gasteiger partial charge in [-0.3, -0.25) is 4.79 Å². The summed E-state index contributed by atoms with van der Waals surface area (Å²) in [5, 5.41) is 3.08. The van der Waals surface area contributed by atoms with E-state index in [0.29, 0.717) is 5.69 Å².